The lowest BCUT2D eigenvalue weighted by Crippen LogP contribution is -2.26. The molecular weight excluding hydrogens is 615 g/mol. The maximum absolute atomic E-state index is 5.19. The van der Waals surface area contributed by atoms with Gasteiger partial charge in [-0.1, -0.05) is 176 Å². The lowest BCUT2D eigenvalue weighted by Gasteiger charge is -2.31. The number of fused-ring (bicyclic) bond motifs is 7. The Bertz CT molecular complexity index is 2710. The lowest BCUT2D eigenvalue weighted by molar-refractivity contribution is 0.797. The van der Waals surface area contributed by atoms with Crippen LogP contribution in [0.5, 0.6) is 0 Å². The second kappa shape index (κ2) is 10.7. The summed E-state index contributed by atoms with van der Waals surface area (Å²) in [6.45, 7) is 0. The zero-order valence-corrected chi connectivity index (χ0v) is 27.8. The van der Waals surface area contributed by atoms with Gasteiger partial charge in [0.2, 0.25) is 0 Å². The van der Waals surface area contributed by atoms with Crippen LogP contribution in [-0.2, 0) is 5.41 Å². The molecule has 0 N–H and O–H groups in total. The Morgan fingerprint density at radius 2 is 0.804 bits per heavy atom. The molecule has 0 saturated heterocycles. The largest absolute Gasteiger partial charge is 0.248 e. The van der Waals surface area contributed by atoms with Gasteiger partial charge in [0.25, 0.3) is 0 Å². The molecule has 0 atom stereocenters. The van der Waals surface area contributed by atoms with Crippen LogP contribution in [0.15, 0.2) is 188 Å². The minimum absolute atomic E-state index is 0.361. The molecule has 1 heteroatoms. The first-order valence-electron chi connectivity index (χ1n) is 17.7. The first-order valence-corrected chi connectivity index (χ1v) is 17.7. The van der Waals surface area contributed by atoms with Gasteiger partial charge >= 0.3 is 0 Å². The molecule has 0 bridgehead atoms. The van der Waals surface area contributed by atoms with Gasteiger partial charge in [-0.05, 0) is 89.3 Å². The van der Waals surface area contributed by atoms with Gasteiger partial charge in [0.05, 0.1) is 16.8 Å². The van der Waals surface area contributed by atoms with E-state index in [2.05, 4.69) is 188 Å². The molecule has 9 aromatic rings. The first kappa shape index (κ1) is 28.3. The van der Waals surface area contributed by atoms with E-state index in [1.54, 1.807) is 0 Å². The Balaban J connectivity index is 1.09. The van der Waals surface area contributed by atoms with Crippen LogP contribution in [0.25, 0.3) is 77.4 Å². The van der Waals surface area contributed by atoms with Crippen molar-refractivity contribution in [2.75, 3.05) is 0 Å². The molecule has 0 amide bonds. The van der Waals surface area contributed by atoms with Crippen LogP contribution in [0.1, 0.15) is 22.3 Å². The van der Waals surface area contributed by atoms with Crippen LogP contribution >= 0.6 is 0 Å². The van der Waals surface area contributed by atoms with Crippen LogP contribution in [0.2, 0.25) is 0 Å². The summed E-state index contributed by atoms with van der Waals surface area (Å²) in [5.41, 5.74) is 16.8. The number of pyridine rings is 1. The fourth-order valence-electron chi connectivity index (χ4n) is 9.13. The zero-order chi connectivity index (χ0) is 33.5. The van der Waals surface area contributed by atoms with Crippen molar-refractivity contribution in [1.29, 1.82) is 0 Å². The monoisotopic (exact) mass is 645 g/mol. The smallest absolute Gasteiger partial charge is 0.0726 e. The fourth-order valence-corrected chi connectivity index (χ4v) is 9.13. The number of hydrogen-bond acceptors (Lipinski definition) is 1. The van der Waals surface area contributed by atoms with E-state index in [9.17, 15) is 0 Å². The minimum Gasteiger partial charge on any atom is -0.248 e. The first-order chi connectivity index (χ1) is 25.3. The molecule has 1 aromatic heterocycles. The van der Waals surface area contributed by atoms with E-state index in [0.29, 0.717) is 0 Å². The Kier molecular flexibility index (Phi) is 5.94. The maximum atomic E-state index is 5.19. The standard InChI is InChI=1S/C50H31N/c1-3-12-32(13-4-1)38-30-45(34-14-5-2-6-15-34)51-46(31-38)35-26-24-33(25-27-35)39-19-11-23-44-49(39)40-18-7-8-20-41(40)50(44)42-21-9-16-36-28-29-37-17-10-22-43(50)48(37)47(36)42/h1-31H. The van der Waals surface area contributed by atoms with Crippen molar-refractivity contribution < 1.29 is 0 Å². The predicted molar refractivity (Wildman–Crippen MR) is 212 cm³/mol. The summed E-state index contributed by atoms with van der Waals surface area (Å²) in [4.78, 5) is 5.19. The number of nitrogens with zero attached hydrogens (tertiary/aromatic N) is 1. The quantitative estimate of drug-likeness (QED) is 0.174. The molecule has 11 rings (SSSR count). The average molecular weight is 646 g/mol. The van der Waals surface area contributed by atoms with E-state index in [4.69, 9.17) is 4.98 Å². The average Bonchev–Trinajstić information content (AvgIpc) is 3.69. The molecule has 8 aromatic carbocycles. The van der Waals surface area contributed by atoms with Crippen LogP contribution in [0.4, 0.5) is 0 Å². The van der Waals surface area contributed by atoms with Gasteiger partial charge in [0.1, 0.15) is 0 Å². The van der Waals surface area contributed by atoms with Crippen molar-refractivity contribution in [3.63, 3.8) is 0 Å². The topological polar surface area (TPSA) is 12.9 Å². The third-order valence-corrected chi connectivity index (χ3v) is 11.3. The number of aromatic nitrogens is 1. The second-order valence-electron chi connectivity index (χ2n) is 13.8. The van der Waals surface area contributed by atoms with Crippen molar-refractivity contribution in [2.24, 2.45) is 0 Å². The number of hydrogen-bond donors (Lipinski definition) is 0. The minimum atomic E-state index is -0.361. The SMILES string of the molecule is c1ccc(-c2cc(-c3ccccc3)nc(-c3ccc(-c4cccc5c4-c4ccccc4C54c5cccc6ccc7cccc4c7c56)cc3)c2)cc1. The Morgan fingerprint density at radius 1 is 0.314 bits per heavy atom. The molecule has 0 aliphatic heterocycles. The second-order valence-corrected chi connectivity index (χ2v) is 13.8. The van der Waals surface area contributed by atoms with E-state index in [1.165, 1.54) is 71.6 Å². The molecule has 0 fully saturated rings. The van der Waals surface area contributed by atoms with E-state index in [0.717, 1.165) is 28.1 Å². The summed E-state index contributed by atoms with van der Waals surface area (Å²) in [7, 11) is 0. The number of rotatable bonds is 4. The highest BCUT2D eigenvalue weighted by Gasteiger charge is 2.51. The molecule has 1 heterocycles. The molecule has 0 radical (unpaired) electrons. The third kappa shape index (κ3) is 3.95. The molecular formula is C50H31N. The van der Waals surface area contributed by atoms with Gasteiger partial charge in [-0.25, -0.2) is 4.98 Å². The highest BCUT2D eigenvalue weighted by molar-refractivity contribution is 6.17. The van der Waals surface area contributed by atoms with Crippen molar-refractivity contribution in [1.82, 2.24) is 4.98 Å². The van der Waals surface area contributed by atoms with Crippen molar-refractivity contribution in [3.8, 4) is 55.9 Å². The molecule has 51 heavy (non-hydrogen) atoms. The molecule has 2 aliphatic rings. The molecule has 0 saturated carbocycles. The van der Waals surface area contributed by atoms with Gasteiger partial charge < -0.3 is 0 Å². The lowest BCUT2D eigenvalue weighted by atomic mass is 9.70. The zero-order valence-electron chi connectivity index (χ0n) is 27.8. The van der Waals surface area contributed by atoms with Gasteiger partial charge in [-0.15, -0.1) is 0 Å². The molecule has 236 valence electrons. The van der Waals surface area contributed by atoms with Gasteiger partial charge in [0.15, 0.2) is 0 Å². The Hall–Kier alpha value is -6.57. The Morgan fingerprint density at radius 3 is 1.47 bits per heavy atom. The highest BCUT2D eigenvalue weighted by Crippen LogP contribution is 2.63. The summed E-state index contributed by atoms with van der Waals surface area (Å²) in [5, 5.41) is 5.40. The fraction of sp³-hybridized carbons (Fsp3) is 0.0200. The van der Waals surface area contributed by atoms with E-state index in [-0.39, 0.29) is 5.41 Å². The summed E-state index contributed by atoms with van der Waals surface area (Å²) in [5.74, 6) is 0. The Labute approximate surface area is 297 Å². The predicted octanol–water partition coefficient (Wildman–Crippen LogP) is 12.7. The summed E-state index contributed by atoms with van der Waals surface area (Å²) in [6.07, 6.45) is 0. The highest BCUT2D eigenvalue weighted by atomic mass is 14.7. The molecule has 2 aliphatic carbocycles. The van der Waals surface area contributed by atoms with Crippen molar-refractivity contribution in [3.05, 3.63) is 210 Å². The van der Waals surface area contributed by atoms with Crippen molar-refractivity contribution in [2.45, 2.75) is 5.41 Å². The molecule has 1 spiro atoms. The van der Waals surface area contributed by atoms with E-state index >= 15 is 0 Å². The van der Waals surface area contributed by atoms with Gasteiger partial charge in [-0.3, -0.25) is 0 Å². The van der Waals surface area contributed by atoms with Crippen molar-refractivity contribution >= 4 is 21.5 Å². The summed E-state index contributed by atoms with van der Waals surface area (Å²) < 4.78 is 0. The van der Waals surface area contributed by atoms with E-state index < -0.39 is 0 Å². The van der Waals surface area contributed by atoms with Crippen LogP contribution in [-0.4, -0.2) is 4.98 Å². The number of benzene rings is 8. The third-order valence-electron chi connectivity index (χ3n) is 11.3. The summed E-state index contributed by atoms with van der Waals surface area (Å²) >= 11 is 0. The normalized spacial score (nSPS) is 13.3. The van der Waals surface area contributed by atoms with E-state index in [1.807, 2.05) is 0 Å². The van der Waals surface area contributed by atoms with Gasteiger partial charge in [0, 0.05) is 11.1 Å². The molecule has 0 unspecified atom stereocenters. The van der Waals surface area contributed by atoms with Crippen LogP contribution in [0.3, 0.4) is 0 Å². The summed E-state index contributed by atoms with van der Waals surface area (Å²) in [6, 6.07) is 68.9. The van der Waals surface area contributed by atoms with Crippen LogP contribution < -0.4 is 0 Å². The van der Waals surface area contributed by atoms with Gasteiger partial charge in [-0.2, -0.15) is 0 Å². The maximum Gasteiger partial charge on any atom is 0.0726 e. The van der Waals surface area contributed by atoms with Crippen LogP contribution in [0, 0.1) is 0 Å². The molecule has 1 nitrogen and oxygen atoms in total.